The fourth-order valence-electron chi connectivity index (χ4n) is 3.25. The van der Waals surface area contributed by atoms with Gasteiger partial charge >= 0.3 is 0 Å². The van der Waals surface area contributed by atoms with E-state index in [1.165, 1.54) is 11.3 Å². The fraction of sp³-hybridized carbons (Fsp3) is 0.250. The minimum Gasteiger partial charge on any atom is -0.326 e. The molecule has 0 aliphatic carbocycles. The van der Waals surface area contributed by atoms with E-state index in [1.807, 2.05) is 41.9 Å². The number of imidazole rings is 1. The van der Waals surface area contributed by atoms with E-state index >= 15 is 0 Å². The molecule has 4 rings (SSSR count). The highest BCUT2D eigenvalue weighted by Crippen LogP contribution is 2.23. The summed E-state index contributed by atoms with van der Waals surface area (Å²) >= 11 is 0. The van der Waals surface area contributed by atoms with Gasteiger partial charge in [-0.1, -0.05) is 12.1 Å². The maximum absolute atomic E-state index is 4.59. The molecule has 0 amide bonds. The molecule has 0 spiro atoms. The van der Waals surface area contributed by atoms with Crippen LogP contribution in [0.2, 0.25) is 0 Å². The first kappa shape index (κ1) is 16.3. The Hall–Kier alpha value is -3.15. The van der Waals surface area contributed by atoms with Gasteiger partial charge in [-0.3, -0.25) is 4.68 Å². The monoisotopic (exact) mass is 346 g/mol. The molecule has 0 aliphatic heterocycles. The van der Waals surface area contributed by atoms with E-state index in [1.54, 1.807) is 0 Å². The van der Waals surface area contributed by atoms with Gasteiger partial charge < -0.3 is 4.57 Å². The SMILES string of the molecule is Cc1cc(C)n(-c2cccc(-c3nccn3Cc3cnn(C)c3C)c2)n1. The largest absolute Gasteiger partial charge is 0.326 e. The molecule has 4 aromatic rings. The molecular weight excluding hydrogens is 324 g/mol. The van der Waals surface area contributed by atoms with Gasteiger partial charge in [0.1, 0.15) is 5.82 Å². The van der Waals surface area contributed by atoms with Crippen LogP contribution in [-0.2, 0) is 13.6 Å². The summed E-state index contributed by atoms with van der Waals surface area (Å²) in [4.78, 5) is 4.59. The highest BCUT2D eigenvalue weighted by molar-refractivity contribution is 5.60. The lowest BCUT2D eigenvalue weighted by Gasteiger charge is -2.10. The fourth-order valence-corrected chi connectivity index (χ4v) is 3.25. The van der Waals surface area contributed by atoms with E-state index < -0.39 is 0 Å². The second kappa shape index (κ2) is 6.29. The maximum Gasteiger partial charge on any atom is 0.140 e. The molecule has 0 aliphatic rings. The standard InChI is InChI=1S/C20H22N6/c1-14-10-15(2)26(23-14)19-7-5-6-17(11-19)20-21-8-9-25(20)13-18-12-22-24(4)16(18)3/h5-12H,13H2,1-4H3. The topological polar surface area (TPSA) is 53.5 Å². The number of rotatable bonds is 4. The van der Waals surface area contributed by atoms with Crippen molar-refractivity contribution in [2.24, 2.45) is 7.05 Å². The average molecular weight is 346 g/mol. The summed E-state index contributed by atoms with van der Waals surface area (Å²) in [5.41, 5.74) is 6.61. The average Bonchev–Trinajstić information content (AvgIpc) is 3.31. The number of aryl methyl sites for hydroxylation is 3. The van der Waals surface area contributed by atoms with Crippen LogP contribution in [0.15, 0.2) is 48.9 Å². The van der Waals surface area contributed by atoms with Crippen molar-refractivity contribution in [2.75, 3.05) is 0 Å². The number of hydrogen-bond donors (Lipinski definition) is 0. The second-order valence-corrected chi connectivity index (χ2v) is 6.65. The van der Waals surface area contributed by atoms with Crippen LogP contribution in [0.25, 0.3) is 17.1 Å². The van der Waals surface area contributed by atoms with Crippen molar-refractivity contribution in [3.05, 3.63) is 71.6 Å². The number of nitrogens with zero attached hydrogens (tertiary/aromatic N) is 6. The van der Waals surface area contributed by atoms with E-state index in [0.717, 1.165) is 35.0 Å². The van der Waals surface area contributed by atoms with Crippen molar-refractivity contribution in [1.29, 1.82) is 0 Å². The Labute approximate surface area is 152 Å². The lowest BCUT2D eigenvalue weighted by Crippen LogP contribution is -2.04. The summed E-state index contributed by atoms with van der Waals surface area (Å²) in [7, 11) is 1.96. The van der Waals surface area contributed by atoms with Gasteiger partial charge in [-0.2, -0.15) is 10.2 Å². The van der Waals surface area contributed by atoms with Gasteiger partial charge in [-0.15, -0.1) is 0 Å². The molecule has 6 nitrogen and oxygen atoms in total. The van der Waals surface area contributed by atoms with Crippen LogP contribution in [0.4, 0.5) is 0 Å². The van der Waals surface area contributed by atoms with E-state index in [2.05, 4.69) is 63.9 Å². The number of hydrogen-bond acceptors (Lipinski definition) is 3. The molecular formula is C20H22N6. The van der Waals surface area contributed by atoms with Crippen molar-refractivity contribution in [2.45, 2.75) is 27.3 Å². The zero-order valence-electron chi connectivity index (χ0n) is 15.5. The van der Waals surface area contributed by atoms with Crippen molar-refractivity contribution >= 4 is 0 Å². The Kier molecular flexibility index (Phi) is 3.95. The Morgan fingerprint density at radius 1 is 1.08 bits per heavy atom. The molecule has 26 heavy (non-hydrogen) atoms. The van der Waals surface area contributed by atoms with E-state index in [-0.39, 0.29) is 0 Å². The van der Waals surface area contributed by atoms with Crippen molar-refractivity contribution in [3.8, 4) is 17.1 Å². The normalized spacial score (nSPS) is 11.2. The van der Waals surface area contributed by atoms with Crippen LogP contribution in [0.3, 0.4) is 0 Å². The molecule has 0 saturated carbocycles. The summed E-state index contributed by atoms with van der Waals surface area (Å²) in [6.45, 7) is 6.91. The molecule has 3 aromatic heterocycles. The van der Waals surface area contributed by atoms with E-state index in [9.17, 15) is 0 Å². The quantitative estimate of drug-likeness (QED) is 0.569. The highest BCUT2D eigenvalue weighted by atomic mass is 15.3. The maximum atomic E-state index is 4.59. The molecule has 1 aromatic carbocycles. The van der Waals surface area contributed by atoms with Crippen LogP contribution >= 0.6 is 0 Å². The first-order valence-corrected chi connectivity index (χ1v) is 8.65. The molecule has 0 unspecified atom stereocenters. The molecule has 0 saturated heterocycles. The third-order valence-electron chi connectivity index (χ3n) is 4.75. The molecule has 0 fully saturated rings. The molecule has 0 atom stereocenters. The number of aromatic nitrogens is 6. The number of benzene rings is 1. The lowest BCUT2D eigenvalue weighted by molar-refractivity contribution is 0.732. The van der Waals surface area contributed by atoms with Crippen LogP contribution in [0.5, 0.6) is 0 Å². The molecule has 6 heteroatoms. The van der Waals surface area contributed by atoms with Crippen LogP contribution in [0, 0.1) is 20.8 Å². The summed E-state index contributed by atoms with van der Waals surface area (Å²) in [5.74, 6) is 0.941. The van der Waals surface area contributed by atoms with E-state index in [0.29, 0.717) is 0 Å². The van der Waals surface area contributed by atoms with Crippen molar-refractivity contribution in [3.63, 3.8) is 0 Å². The zero-order chi connectivity index (χ0) is 18.3. The van der Waals surface area contributed by atoms with Gasteiger partial charge in [0.15, 0.2) is 0 Å². The molecule has 0 bridgehead atoms. The van der Waals surface area contributed by atoms with Gasteiger partial charge in [0, 0.05) is 42.0 Å². The molecule has 132 valence electrons. The minimum atomic E-state index is 0.749. The Morgan fingerprint density at radius 2 is 1.92 bits per heavy atom. The smallest absolute Gasteiger partial charge is 0.140 e. The molecule has 0 radical (unpaired) electrons. The molecule has 3 heterocycles. The third kappa shape index (κ3) is 2.83. The first-order chi connectivity index (χ1) is 12.5. The molecule has 0 N–H and O–H groups in total. The predicted octanol–water partition coefficient (Wildman–Crippen LogP) is 3.44. The first-order valence-electron chi connectivity index (χ1n) is 8.65. The van der Waals surface area contributed by atoms with Gasteiger partial charge in [-0.05, 0) is 39.0 Å². The van der Waals surface area contributed by atoms with Crippen molar-refractivity contribution in [1.82, 2.24) is 29.1 Å². The van der Waals surface area contributed by atoms with Gasteiger partial charge in [0.25, 0.3) is 0 Å². The Bertz CT molecular complexity index is 1070. The summed E-state index contributed by atoms with van der Waals surface area (Å²) in [5, 5.41) is 8.92. The highest BCUT2D eigenvalue weighted by Gasteiger charge is 2.11. The Balaban J connectivity index is 1.71. The minimum absolute atomic E-state index is 0.749. The van der Waals surface area contributed by atoms with Crippen LogP contribution in [0.1, 0.15) is 22.6 Å². The Morgan fingerprint density at radius 3 is 2.62 bits per heavy atom. The summed E-state index contributed by atoms with van der Waals surface area (Å²) < 4.78 is 6.02. The predicted molar refractivity (Wildman–Crippen MR) is 101 cm³/mol. The van der Waals surface area contributed by atoms with Crippen LogP contribution < -0.4 is 0 Å². The van der Waals surface area contributed by atoms with Crippen molar-refractivity contribution < 1.29 is 0 Å². The summed E-state index contributed by atoms with van der Waals surface area (Å²) in [6, 6.07) is 10.4. The van der Waals surface area contributed by atoms with Gasteiger partial charge in [0.05, 0.1) is 24.1 Å². The lowest BCUT2D eigenvalue weighted by atomic mass is 10.1. The summed E-state index contributed by atoms with van der Waals surface area (Å²) in [6.07, 6.45) is 5.78. The second-order valence-electron chi connectivity index (χ2n) is 6.65. The van der Waals surface area contributed by atoms with Gasteiger partial charge in [0.2, 0.25) is 0 Å². The third-order valence-corrected chi connectivity index (χ3v) is 4.75. The van der Waals surface area contributed by atoms with E-state index in [4.69, 9.17) is 0 Å². The van der Waals surface area contributed by atoms with Crippen LogP contribution in [-0.4, -0.2) is 29.1 Å². The van der Waals surface area contributed by atoms with Gasteiger partial charge in [-0.25, -0.2) is 9.67 Å². The zero-order valence-corrected chi connectivity index (χ0v) is 15.5.